The first-order valence-corrected chi connectivity index (χ1v) is 8.77. The lowest BCUT2D eigenvalue weighted by atomic mass is 10.1. The Hall–Kier alpha value is -3.03. The second-order valence-electron chi connectivity index (χ2n) is 6.10. The molecule has 27 heavy (non-hydrogen) atoms. The number of nitrogens with zero attached hydrogens (tertiary/aromatic N) is 3. The lowest BCUT2D eigenvalue weighted by Gasteiger charge is -2.32. The third-order valence-electron chi connectivity index (χ3n) is 4.26. The summed E-state index contributed by atoms with van der Waals surface area (Å²) in [7, 11) is 3.13. The van der Waals surface area contributed by atoms with E-state index in [0.717, 1.165) is 18.6 Å². The number of methoxy groups -OCH3 is 2. The van der Waals surface area contributed by atoms with Gasteiger partial charge in [-0.25, -0.2) is 0 Å². The van der Waals surface area contributed by atoms with Crippen LogP contribution in [0.25, 0.3) is 0 Å². The Kier molecular flexibility index (Phi) is 6.30. The lowest BCUT2D eigenvalue weighted by molar-refractivity contribution is -0.136. The standard InChI is InChI=1S/C19H23N3O5/c1-24-14-5-7-15(8-6-14)26-13-19(23)22-11-3-4-16(12-22)27-18-10-9-17(25-2)20-21-18/h5-10,16H,3-4,11-13H2,1-2H3. The molecule has 144 valence electrons. The fourth-order valence-electron chi connectivity index (χ4n) is 2.82. The van der Waals surface area contributed by atoms with Crippen molar-refractivity contribution in [2.75, 3.05) is 33.9 Å². The molecule has 2 heterocycles. The molecule has 1 aliphatic rings. The Morgan fingerprint density at radius 3 is 2.41 bits per heavy atom. The quantitative estimate of drug-likeness (QED) is 0.733. The number of likely N-dealkylation sites (tertiary alicyclic amines) is 1. The normalized spacial score (nSPS) is 16.5. The van der Waals surface area contributed by atoms with E-state index in [1.54, 1.807) is 48.4 Å². The van der Waals surface area contributed by atoms with Gasteiger partial charge in [0.2, 0.25) is 11.8 Å². The fraction of sp³-hybridized carbons (Fsp3) is 0.421. The van der Waals surface area contributed by atoms with Gasteiger partial charge in [0.25, 0.3) is 5.91 Å². The predicted molar refractivity (Wildman–Crippen MR) is 97.3 cm³/mol. The SMILES string of the molecule is COc1ccc(OCC(=O)N2CCCC(Oc3ccc(OC)nn3)C2)cc1. The Balaban J connectivity index is 1.49. The van der Waals surface area contributed by atoms with Crippen LogP contribution < -0.4 is 18.9 Å². The van der Waals surface area contributed by atoms with Gasteiger partial charge in [-0.15, -0.1) is 10.2 Å². The largest absolute Gasteiger partial charge is 0.497 e. The molecule has 0 bridgehead atoms. The molecule has 2 aromatic rings. The topological polar surface area (TPSA) is 83.0 Å². The molecule has 0 saturated carbocycles. The molecule has 0 aliphatic carbocycles. The first kappa shape index (κ1) is 18.8. The highest BCUT2D eigenvalue weighted by Crippen LogP contribution is 2.19. The van der Waals surface area contributed by atoms with Crippen LogP contribution in [0, 0.1) is 0 Å². The summed E-state index contributed by atoms with van der Waals surface area (Å²) in [5.41, 5.74) is 0. The Morgan fingerprint density at radius 2 is 1.74 bits per heavy atom. The van der Waals surface area contributed by atoms with Crippen LogP contribution >= 0.6 is 0 Å². The highest BCUT2D eigenvalue weighted by molar-refractivity contribution is 5.77. The summed E-state index contributed by atoms with van der Waals surface area (Å²) in [4.78, 5) is 14.2. The lowest BCUT2D eigenvalue weighted by Crippen LogP contribution is -2.46. The molecule has 1 fully saturated rings. The summed E-state index contributed by atoms with van der Waals surface area (Å²) in [5.74, 6) is 2.15. The molecule has 1 aromatic heterocycles. The Morgan fingerprint density at radius 1 is 1.04 bits per heavy atom. The van der Waals surface area contributed by atoms with Crippen LogP contribution in [0.3, 0.4) is 0 Å². The highest BCUT2D eigenvalue weighted by atomic mass is 16.5. The second-order valence-corrected chi connectivity index (χ2v) is 6.10. The van der Waals surface area contributed by atoms with Gasteiger partial charge >= 0.3 is 0 Å². The van der Waals surface area contributed by atoms with Crippen molar-refractivity contribution < 1.29 is 23.7 Å². The van der Waals surface area contributed by atoms with E-state index < -0.39 is 0 Å². The number of aromatic nitrogens is 2. The molecular weight excluding hydrogens is 350 g/mol. The molecule has 8 heteroatoms. The summed E-state index contributed by atoms with van der Waals surface area (Å²) in [5, 5.41) is 7.85. The van der Waals surface area contributed by atoms with Gasteiger partial charge < -0.3 is 23.8 Å². The van der Waals surface area contributed by atoms with Crippen molar-refractivity contribution in [1.29, 1.82) is 0 Å². The van der Waals surface area contributed by atoms with Gasteiger partial charge in [-0.1, -0.05) is 0 Å². The zero-order valence-corrected chi connectivity index (χ0v) is 15.5. The van der Waals surface area contributed by atoms with E-state index >= 15 is 0 Å². The van der Waals surface area contributed by atoms with Crippen LogP contribution in [0.4, 0.5) is 0 Å². The van der Waals surface area contributed by atoms with Gasteiger partial charge in [0.15, 0.2) is 6.61 Å². The van der Waals surface area contributed by atoms with Gasteiger partial charge in [-0.2, -0.15) is 0 Å². The van der Waals surface area contributed by atoms with E-state index in [9.17, 15) is 4.79 Å². The molecular formula is C19H23N3O5. The van der Waals surface area contributed by atoms with Crippen molar-refractivity contribution in [3.63, 3.8) is 0 Å². The van der Waals surface area contributed by atoms with Crippen molar-refractivity contribution in [3.8, 4) is 23.3 Å². The molecule has 3 rings (SSSR count). The van der Waals surface area contributed by atoms with Gasteiger partial charge in [0.05, 0.1) is 20.8 Å². The molecule has 1 aromatic carbocycles. The zero-order valence-electron chi connectivity index (χ0n) is 15.5. The van der Waals surface area contributed by atoms with Crippen molar-refractivity contribution in [2.24, 2.45) is 0 Å². The number of hydrogen-bond acceptors (Lipinski definition) is 7. The van der Waals surface area contributed by atoms with Crippen LogP contribution in [-0.2, 0) is 4.79 Å². The van der Waals surface area contributed by atoms with Gasteiger partial charge in [-0.3, -0.25) is 4.79 Å². The van der Waals surface area contributed by atoms with E-state index in [-0.39, 0.29) is 18.6 Å². The van der Waals surface area contributed by atoms with Crippen LogP contribution in [0.5, 0.6) is 23.3 Å². The van der Waals surface area contributed by atoms with Gasteiger partial charge in [0.1, 0.15) is 17.6 Å². The third kappa shape index (κ3) is 5.22. The number of carbonyl (C=O) groups excluding carboxylic acids is 1. The Labute approximate surface area is 158 Å². The summed E-state index contributed by atoms with van der Waals surface area (Å²) in [6.07, 6.45) is 1.60. The number of carbonyl (C=O) groups is 1. The predicted octanol–water partition coefficient (Wildman–Crippen LogP) is 1.94. The maximum Gasteiger partial charge on any atom is 0.260 e. The molecule has 0 spiro atoms. The van der Waals surface area contributed by atoms with E-state index in [4.69, 9.17) is 18.9 Å². The average Bonchev–Trinajstić information content (AvgIpc) is 2.73. The molecule has 1 saturated heterocycles. The first-order valence-electron chi connectivity index (χ1n) is 8.77. The summed E-state index contributed by atoms with van der Waals surface area (Å²) >= 11 is 0. The molecule has 8 nitrogen and oxygen atoms in total. The van der Waals surface area contributed by atoms with E-state index in [1.165, 1.54) is 7.11 Å². The average molecular weight is 373 g/mol. The highest BCUT2D eigenvalue weighted by Gasteiger charge is 2.25. The minimum Gasteiger partial charge on any atom is -0.497 e. The molecule has 1 unspecified atom stereocenters. The van der Waals surface area contributed by atoms with Gasteiger partial charge in [0, 0.05) is 18.7 Å². The van der Waals surface area contributed by atoms with E-state index in [1.807, 2.05) is 0 Å². The number of ether oxygens (including phenoxy) is 4. The molecule has 0 N–H and O–H groups in total. The number of benzene rings is 1. The smallest absolute Gasteiger partial charge is 0.260 e. The monoisotopic (exact) mass is 373 g/mol. The minimum absolute atomic E-state index is 0.0125. The van der Waals surface area contributed by atoms with Crippen LogP contribution in [-0.4, -0.2) is 61.0 Å². The van der Waals surface area contributed by atoms with Crippen LogP contribution in [0.15, 0.2) is 36.4 Å². The maximum atomic E-state index is 12.5. The zero-order chi connectivity index (χ0) is 19.1. The number of hydrogen-bond donors (Lipinski definition) is 0. The molecule has 1 aliphatic heterocycles. The summed E-state index contributed by atoms with van der Waals surface area (Å²) in [6.45, 7) is 1.18. The van der Waals surface area contributed by atoms with Crippen LogP contribution in [0.1, 0.15) is 12.8 Å². The van der Waals surface area contributed by atoms with Crippen molar-refractivity contribution >= 4 is 5.91 Å². The second kappa shape index (κ2) is 9.07. The van der Waals surface area contributed by atoms with Gasteiger partial charge in [-0.05, 0) is 37.1 Å². The Bertz CT molecular complexity index is 736. The number of piperidine rings is 1. The molecule has 1 amide bonds. The minimum atomic E-state index is -0.119. The fourth-order valence-corrected chi connectivity index (χ4v) is 2.82. The van der Waals surface area contributed by atoms with Crippen LogP contribution in [0.2, 0.25) is 0 Å². The van der Waals surface area contributed by atoms with E-state index in [2.05, 4.69) is 10.2 Å². The maximum absolute atomic E-state index is 12.5. The molecule has 1 atom stereocenters. The van der Waals surface area contributed by atoms with E-state index in [0.29, 0.717) is 30.6 Å². The molecule has 0 radical (unpaired) electrons. The number of amides is 1. The first-order chi connectivity index (χ1) is 13.2. The van der Waals surface area contributed by atoms with Crippen molar-refractivity contribution in [1.82, 2.24) is 15.1 Å². The van der Waals surface area contributed by atoms with Crippen molar-refractivity contribution in [3.05, 3.63) is 36.4 Å². The summed E-state index contributed by atoms with van der Waals surface area (Å²) < 4.78 is 21.5. The third-order valence-corrected chi connectivity index (χ3v) is 4.26. The number of rotatable bonds is 7. The van der Waals surface area contributed by atoms with Crippen molar-refractivity contribution in [2.45, 2.75) is 18.9 Å². The summed E-state index contributed by atoms with van der Waals surface area (Å²) in [6, 6.07) is 10.5.